The number of fused-ring (bicyclic) bond motifs is 1. The van der Waals surface area contributed by atoms with Crippen molar-refractivity contribution in [2.45, 2.75) is 18.5 Å². The standard InChI is InChI=1S/C20H20ClFN2O3S2/c1-27-15-5-2-13(3-6-15)8-9-28-20-23-18-11-29(25,26)12-19(18)24(20)14-4-7-17(22)16(21)10-14/h2-7,10,18-19H,8-9,11-12H2,1H3. The van der Waals surface area contributed by atoms with Crippen LogP contribution in [0.1, 0.15) is 5.56 Å². The predicted molar refractivity (Wildman–Crippen MR) is 117 cm³/mol. The smallest absolute Gasteiger partial charge is 0.164 e. The van der Waals surface area contributed by atoms with Gasteiger partial charge in [-0.15, -0.1) is 0 Å². The highest BCUT2D eigenvalue weighted by atomic mass is 35.5. The summed E-state index contributed by atoms with van der Waals surface area (Å²) >= 11 is 7.54. The van der Waals surface area contributed by atoms with Crippen LogP contribution >= 0.6 is 23.4 Å². The van der Waals surface area contributed by atoms with Gasteiger partial charge in [0, 0.05) is 11.4 Å². The van der Waals surface area contributed by atoms with E-state index in [0.717, 1.165) is 23.1 Å². The Labute approximate surface area is 178 Å². The second-order valence-electron chi connectivity index (χ2n) is 7.04. The first-order valence-corrected chi connectivity index (χ1v) is 12.3. The van der Waals surface area contributed by atoms with Crippen LogP contribution in [-0.4, -0.2) is 50.0 Å². The number of rotatable bonds is 5. The molecular formula is C20H20ClFN2O3S2. The minimum Gasteiger partial charge on any atom is -0.497 e. The zero-order valence-corrected chi connectivity index (χ0v) is 18.1. The van der Waals surface area contributed by atoms with Gasteiger partial charge in [-0.1, -0.05) is 35.5 Å². The van der Waals surface area contributed by atoms with Gasteiger partial charge in [0.1, 0.15) is 11.6 Å². The molecule has 2 aliphatic rings. The highest BCUT2D eigenvalue weighted by Crippen LogP contribution is 2.36. The number of aryl methyl sites for hydroxylation is 1. The monoisotopic (exact) mass is 454 g/mol. The molecule has 0 N–H and O–H groups in total. The van der Waals surface area contributed by atoms with Crippen molar-refractivity contribution < 1.29 is 17.5 Å². The number of amidine groups is 1. The van der Waals surface area contributed by atoms with Crippen molar-refractivity contribution in [3.63, 3.8) is 0 Å². The molecule has 2 unspecified atom stereocenters. The van der Waals surface area contributed by atoms with Crippen molar-refractivity contribution in [2.24, 2.45) is 4.99 Å². The molecule has 1 saturated heterocycles. The molecule has 2 aliphatic heterocycles. The van der Waals surface area contributed by atoms with Crippen LogP contribution in [0.2, 0.25) is 5.02 Å². The molecule has 2 atom stereocenters. The molecule has 5 nitrogen and oxygen atoms in total. The highest BCUT2D eigenvalue weighted by molar-refractivity contribution is 8.14. The van der Waals surface area contributed by atoms with E-state index in [1.54, 1.807) is 24.9 Å². The summed E-state index contributed by atoms with van der Waals surface area (Å²) < 4.78 is 43.0. The number of nitrogens with zero attached hydrogens (tertiary/aromatic N) is 2. The maximum Gasteiger partial charge on any atom is 0.164 e. The van der Waals surface area contributed by atoms with Gasteiger partial charge >= 0.3 is 0 Å². The minimum atomic E-state index is -3.14. The fourth-order valence-corrected chi connectivity index (χ4v) is 6.75. The van der Waals surface area contributed by atoms with E-state index in [1.165, 1.54) is 17.7 Å². The first kappa shape index (κ1) is 20.5. The quantitative estimate of drug-likeness (QED) is 0.687. The topological polar surface area (TPSA) is 59.0 Å². The van der Waals surface area contributed by atoms with Gasteiger partial charge in [-0.2, -0.15) is 0 Å². The molecule has 0 saturated carbocycles. The van der Waals surface area contributed by atoms with Gasteiger partial charge in [-0.05, 0) is 42.3 Å². The number of halogens is 2. The van der Waals surface area contributed by atoms with E-state index < -0.39 is 15.7 Å². The zero-order valence-electron chi connectivity index (χ0n) is 15.7. The molecule has 0 spiro atoms. The Balaban J connectivity index is 1.52. The molecular weight excluding hydrogens is 435 g/mol. The third-order valence-corrected chi connectivity index (χ3v) is 8.03. The van der Waals surface area contributed by atoms with Crippen LogP contribution in [0.25, 0.3) is 0 Å². The van der Waals surface area contributed by atoms with E-state index in [-0.39, 0.29) is 28.6 Å². The average molecular weight is 455 g/mol. The number of anilines is 1. The molecule has 154 valence electrons. The highest BCUT2D eigenvalue weighted by Gasteiger charge is 2.47. The second kappa shape index (κ2) is 8.16. The summed E-state index contributed by atoms with van der Waals surface area (Å²) in [6, 6.07) is 11.8. The molecule has 0 aromatic heterocycles. The Bertz CT molecular complexity index is 1040. The number of hydrogen-bond donors (Lipinski definition) is 0. The van der Waals surface area contributed by atoms with E-state index >= 15 is 0 Å². The van der Waals surface area contributed by atoms with Crippen LogP contribution in [-0.2, 0) is 16.3 Å². The van der Waals surface area contributed by atoms with Crippen molar-refractivity contribution in [3.05, 3.63) is 58.9 Å². The lowest BCUT2D eigenvalue weighted by molar-refractivity contribution is 0.414. The molecule has 0 radical (unpaired) electrons. The summed E-state index contributed by atoms with van der Waals surface area (Å²) in [7, 11) is -1.50. The van der Waals surface area contributed by atoms with Crippen LogP contribution in [0.5, 0.6) is 5.75 Å². The Hall–Kier alpha value is -1.77. The summed E-state index contributed by atoms with van der Waals surface area (Å²) in [5.74, 6) is 1.18. The van der Waals surface area contributed by atoms with Gasteiger partial charge in [0.2, 0.25) is 0 Å². The number of thioether (sulfide) groups is 1. The number of methoxy groups -OCH3 is 1. The van der Waals surface area contributed by atoms with Crippen molar-refractivity contribution in [2.75, 3.05) is 29.3 Å². The lowest BCUT2D eigenvalue weighted by Gasteiger charge is -2.26. The minimum absolute atomic E-state index is 0.00869. The van der Waals surface area contributed by atoms with Gasteiger partial charge in [-0.3, -0.25) is 4.99 Å². The van der Waals surface area contributed by atoms with E-state index in [1.807, 2.05) is 29.2 Å². The van der Waals surface area contributed by atoms with Crippen molar-refractivity contribution in [3.8, 4) is 5.75 Å². The lowest BCUT2D eigenvalue weighted by Crippen LogP contribution is -2.39. The van der Waals surface area contributed by atoms with Crippen molar-refractivity contribution in [1.82, 2.24) is 0 Å². The Kier molecular flexibility index (Phi) is 5.77. The average Bonchev–Trinajstić information content (AvgIpc) is 3.15. The van der Waals surface area contributed by atoms with Crippen molar-refractivity contribution >= 4 is 44.1 Å². The maximum absolute atomic E-state index is 13.6. The second-order valence-corrected chi connectivity index (χ2v) is 10.7. The number of benzene rings is 2. The third kappa shape index (κ3) is 4.39. The van der Waals surface area contributed by atoms with Crippen LogP contribution in [0, 0.1) is 5.82 Å². The van der Waals surface area contributed by atoms with E-state index in [2.05, 4.69) is 4.99 Å². The van der Waals surface area contributed by atoms with Gasteiger partial charge < -0.3 is 9.64 Å². The number of aliphatic imine (C=N–C) groups is 1. The summed E-state index contributed by atoms with van der Waals surface area (Å²) in [6.07, 6.45) is 0.833. The van der Waals surface area contributed by atoms with Gasteiger partial charge in [-0.25, -0.2) is 12.8 Å². The number of hydrogen-bond acceptors (Lipinski definition) is 6. The zero-order chi connectivity index (χ0) is 20.6. The molecule has 0 bridgehead atoms. The first-order valence-electron chi connectivity index (χ1n) is 9.14. The molecule has 2 aromatic rings. The first-order chi connectivity index (χ1) is 13.9. The van der Waals surface area contributed by atoms with Crippen LogP contribution < -0.4 is 9.64 Å². The molecule has 9 heteroatoms. The number of sulfone groups is 1. The SMILES string of the molecule is COc1ccc(CCSC2=NC3CS(=O)(=O)CC3N2c2ccc(F)c(Cl)c2)cc1. The molecule has 1 fully saturated rings. The summed E-state index contributed by atoms with van der Waals surface area (Å²) in [5.41, 5.74) is 1.84. The van der Waals surface area contributed by atoms with Gasteiger partial charge in [0.15, 0.2) is 15.0 Å². The normalized spacial score (nSPS) is 22.4. The molecule has 2 heterocycles. The fraction of sp³-hybridized carbons (Fsp3) is 0.350. The Morgan fingerprint density at radius 3 is 2.69 bits per heavy atom. The van der Waals surface area contributed by atoms with Gasteiger partial charge in [0.05, 0.1) is 35.7 Å². The van der Waals surface area contributed by atoms with E-state index in [4.69, 9.17) is 16.3 Å². The Morgan fingerprint density at radius 1 is 1.24 bits per heavy atom. The largest absolute Gasteiger partial charge is 0.497 e. The predicted octanol–water partition coefficient (Wildman–Crippen LogP) is 3.81. The summed E-state index contributed by atoms with van der Waals surface area (Å²) in [6.45, 7) is 0. The van der Waals surface area contributed by atoms with Gasteiger partial charge in [0.25, 0.3) is 0 Å². The maximum atomic E-state index is 13.6. The third-order valence-electron chi connectivity index (χ3n) is 5.07. The lowest BCUT2D eigenvalue weighted by atomic mass is 10.1. The van der Waals surface area contributed by atoms with Crippen molar-refractivity contribution in [1.29, 1.82) is 0 Å². The molecule has 0 amide bonds. The van der Waals surface area contributed by atoms with Crippen LogP contribution in [0.3, 0.4) is 0 Å². The molecule has 2 aromatic carbocycles. The molecule has 29 heavy (non-hydrogen) atoms. The molecule has 4 rings (SSSR count). The van der Waals surface area contributed by atoms with E-state index in [0.29, 0.717) is 5.69 Å². The fourth-order valence-electron chi connectivity index (χ4n) is 3.62. The van der Waals surface area contributed by atoms with Crippen LogP contribution in [0.4, 0.5) is 10.1 Å². The molecule has 0 aliphatic carbocycles. The Morgan fingerprint density at radius 2 is 2.00 bits per heavy atom. The summed E-state index contributed by atoms with van der Waals surface area (Å²) in [4.78, 5) is 6.59. The van der Waals surface area contributed by atoms with Crippen LogP contribution in [0.15, 0.2) is 47.5 Å². The number of ether oxygens (including phenoxy) is 1. The van der Waals surface area contributed by atoms with E-state index in [9.17, 15) is 12.8 Å². The summed E-state index contributed by atoms with van der Waals surface area (Å²) in [5, 5.41) is 0.764.